The minimum atomic E-state index is -0.318. The van der Waals surface area contributed by atoms with Crippen LogP contribution in [0.4, 0.5) is 5.82 Å². The van der Waals surface area contributed by atoms with Crippen LogP contribution >= 0.6 is 0 Å². The molecule has 2 heterocycles. The Balaban J connectivity index is 1.49. The van der Waals surface area contributed by atoms with Crippen LogP contribution in [-0.2, 0) is 4.79 Å². The second kappa shape index (κ2) is 8.14. The number of H-pyrrole nitrogens is 1. The van der Waals surface area contributed by atoms with E-state index in [2.05, 4.69) is 34.2 Å². The number of aromatic nitrogens is 4. The third-order valence-electron chi connectivity index (χ3n) is 4.97. The van der Waals surface area contributed by atoms with Gasteiger partial charge in [0.1, 0.15) is 11.6 Å². The van der Waals surface area contributed by atoms with Crippen LogP contribution < -0.4 is 15.6 Å². The number of nitrogens with zero attached hydrogens (tertiary/aromatic N) is 3. The van der Waals surface area contributed by atoms with E-state index in [1.54, 1.807) is 6.92 Å². The van der Waals surface area contributed by atoms with Gasteiger partial charge >= 0.3 is 0 Å². The summed E-state index contributed by atoms with van der Waals surface area (Å²) in [4.78, 5) is 31.4. The standard InChI is InChI=1S/C22H25N5O3/c1-13(2)15-6-8-17(9-7-15)30-12-21(29)24-19-11-18(16-4-5-16)26-27(19)22-23-14(3)10-20(28)25-22/h6-11,13,16H,4-5,12H2,1-3H3,(H,24,29)(H,23,25,28). The van der Waals surface area contributed by atoms with Gasteiger partial charge in [-0.2, -0.15) is 9.78 Å². The molecule has 0 bridgehead atoms. The van der Waals surface area contributed by atoms with Gasteiger partial charge in [-0.15, -0.1) is 0 Å². The molecule has 1 fully saturated rings. The summed E-state index contributed by atoms with van der Waals surface area (Å²) in [5.41, 5.74) is 2.39. The Kier molecular flexibility index (Phi) is 5.39. The van der Waals surface area contributed by atoms with Crippen LogP contribution in [0, 0.1) is 6.92 Å². The SMILES string of the molecule is Cc1cc(=O)[nH]c(-n2nc(C3CC3)cc2NC(=O)COc2ccc(C(C)C)cc2)n1. The molecule has 0 saturated heterocycles. The van der Waals surface area contributed by atoms with Crippen molar-refractivity contribution in [3.8, 4) is 11.7 Å². The molecule has 1 aromatic carbocycles. The maximum Gasteiger partial charge on any atom is 0.263 e. The summed E-state index contributed by atoms with van der Waals surface area (Å²) in [6.07, 6.45) is 2.13. The Bertz CT molecular complexity index is 1110. The minimum Gasteiger partial charge on any atom is -0.484 e. The molecular weight excluding hydrogens is 382 g/mol. The van der Waals surface area contributed by atoms with E-state index < -0.39 is 0 Å². The molecule has 0 spiro atoms. The van der Waals surface area contributed by atoms with E-state index in [1.165, 1.54) is 16.3 Å². The molecule has 1 amide bonds. The van der Waals surface area contributed by atoms with E-state index >= 15 is 0 Å². The number of anilines is 1. The molecule has 3 aromatic rings. The Morgan fingerprint density at radius 2 is 2.00 bits per heavy atom. The highest BCUT2D eigenvalue weighted by molar-refractivity contribution is 5.91. The molecule has 0 unspecified atom stereocenters. The van der Waals surface area contributed by atoms with Crippen LogP contribution in [0.1, 0.15) is 55.5 Å². The van der Waals surface area contributed by atoms with Gasteiger partial charge in [-0.3, -0.25) is 14.6 Å². The average Bonchev–Trinajstić information content (AvgIpc) is 3.47. The van der Waals surface area contributed by atoms with Crippen molar-refractivity contribution in [3.63, 3.8) is 0 Å². The second-order valence-corrected chi connectivity index (χ2v) is 7.91. The van der Waals surface area contributed by atoms with Crippen LogP contribution in [0.3, 0.4) is 0 Å². The Labute approximate surface area is 174 Å². The molecule has 8 nitrogen and oxygen atoms in total. The first-order valence-corrected chi connectivity index (χ1v) is 10.1. The van der Waals surface area contributed by atoms with Gasteiger partial charge in [0, 0.05) is 23.7 Å². The Morgan fingerprint density at radius 1 is 1.27 bits per heavy atom. The smallest absolute Gasteiger partial charge is 0.263 e. The number of benzene rings is 1. The molecule has 30 heavy (non-hydrogen) atoms. The van der Waals surface area contributed by atoms with E-state index in [1.807, 2.05) is 30.3 Å². The van der Waals surface area contributed by atoms with Crippen molar-refractivity contribution in [1.29, 1.82) is 0 Å². The van der Waals surface area contributed by atoms with E-state index in [-0.39, 0.29) is 24.0 Å². The number of rotatable bonds is 7. The van der Waals surface area contributed by atoms with E-state index in [0.717, 1.165) is 18.5 Å². The number of carbonyl (C=O) groups is 1. The summed E-state index contributed by atoms with van der Waals surface area (Å²) in [6.45, 7) is 5.85. The Morgan fingerprint density at radius 3 is 2.63 bits per heavy atom. The van der Waals surface area contributed by atoms with Crippen molar-refractivity contribution < 1.29 is 9.53 Å². The first-order valence-electron chi connectivity index (χ1n) is 10.1. The number of ether oxygens (including phenoxy) is 1. The summed E-state index contributed by atoms with van der Waals surface area (Å²) in [6, 6.07) is 10.9. The predicted octanol–water partition coefficient (Wildman–Crippen LogP) is 3.28. The van der Waals surface area contributed by atoms with Crippen LogP contribution in [0.15, 0.2) is 41.2 Å². The highest BCUT2D eigenvalue weighted by Gasteiger charge is 2.28. The molecule has 2 aromatic heterocycles. The van der Waals surface area contributed by atoms with Crippen molar-refractivity contribution in [1.82, 2.24) is 19.7 Å². The fraction of sp³-hybridized carbons (Fsp3) is 0.364. The van der Waals surface area contributed by atoms with Gasteiger partial charge < -0.3 is 10.1 Å². The summed E-state index contributed by atoms with van der Waals surface area (Å²) < 4.78 is 7.08. The predicted molar refractivity (Wildman–Crippen MR) is 113 cm³/mol. The lowest BCUT2D eigenvalue weighted by Crippen LogP contribution is -2.23. The van der Waals surface area contributed by atoms with Crippen LogP contribution in [0.5, 0.6) is 5.75 Å². The van der Waals surface area contributed by atoms with Gasteiger partial charge in [0.05, 0.1) is 5.69 Å². The average molecular weight is 407 g/mol. The lowest BCUT2D eigenvalue weighted by molar-refractivity contribution is -0.118. The van der Waals surface area contributed by atoms with E-state index in [4.69, 9.17) is 4.74 Å². The second-order valence-electron chi connectivity index (χ2n) is 7.91. The topological polar surface area (TPSA) is 102 Å². The monoisotopic (exact) mass is 407 g/mol. The summed E-state index contributed by atoms with van der Waals surface area (Å²) >= 11 is 0. The van der Waals surface area contributed by atoms with Crippen LogP contribution in [-0.4, -0.2) is 32.3 Å². The summed E-state index contributed by atoms with van der Waals surface area (Å²) in [5.74, 6) is 1.86. The minimum absolute atomic E-state index is 0.136. The number of hydrogen-bond acceptors (Lipinski definition) is 5. The fourth-order valence-corrected chi connectivity index (χ4v) is 3.17. The molecular formula is C22H25N5O3. The first kappa shape index (κ1) is 19.9. The molecule has 8 heteroatoms. The van der Waals surface area contributed by atoms with Gasteiger partial charge in [-0.25, -0.2) is 4.98 Å². The van der Waals surface area contributed by atoms with Gasteiger partial charge in [0.15, 0.2) is 6.61 Å². The Hall–Kier alpha value is -3.42. The first-order chi connectivity index (χ1) is 14.4. The summed E-state index contributed by atoms with van der Waals surface area (Å²) in [5, 5.41) is 7.38. The van der Waals surface area contributed by atoms with Gasteiger partial charge in [-0.05, 0) is 43.4 Å². The lowest BCUT2D eigenvalue weighted by atomic mass is 10.0. The van der Waals surface area contributed by atoms with Crippen LogP contribution in [0.2, 0.25) is 0 Å². The highest BCUT2D eigenvalue weighted by atomic mass is 16.5. The molecule has 0 aliphatic heterocycles. The number of hydrogen-bond donors (Lipinski definition) is 2. The molecule has 2 N–H and O–H groups in total. The van der Waals surface area contributed by atoms with Crippen molar-refractivity contribution >= 4 is 11.7 Å². The maximum absolute atomic E-state index is 12.5. The molecule has 1 aliphatic carbocycles. The molecule has 1 saturated carbocycles. The molecule has 0 atom stereocenters. The molecule has 156 valence electrons. The third-order valence-corrected chi connectivity index (χ3v) is 4.97. The number of nitrogens with one attached hydrogen (secondary N) is 2. The zero-order valence-electron chi connectivity index (χ0n) is 17.3. The number of amides is 1. The van der Waals surface area contributed by atoms with E-state index in [9.17, 15) is 9.59 Å². The van der Waals surface area contributed by atoms with Gasteiger partial charge in [-0.1, -0.05) is 26.0 Å². The molecule has 4 rings (SSSR count). The maximum atomic E-state index is 12.5. The quantitative estimate of drug-likeness (QED) is 0.626. The van der Waals surface area contributed by atoms with Gasteiger partial charge in [0.2, 0.25) is 5.95 Å². The zero-order chi connectivity index (χ0) is 21.3. The largest absolute Gasteiger partial charge is 0.484 e. The fourth-order valence-electron chi connectivity index (χ4n) is 3.17. The molecule has 1 aliphatic rings. The van der Waals surface area contributed by atoms with Crippen molar-refractivity contribution in [2.24, 2.45) is 0 Å². The van der Waals surface area contributed by atoms with Crippen molar-refractivity contribution in [2.75, 3.05) is 11.9 Å². The highest BCUT2D eigenvalue weighted by Crippen LogP contribution is 2.40. The van der Waals surface area contributed by atoms with Crippen LogP contribution in [0.25, 0.3) is 5.95 Å². The normalized spacial score (nSPS) is 13.5. The number of aromatic amines is 1. The zero-order valence-corrected chi connectivity index (χ0v) is 17.3. The summed E-state index contributed by atoms with van der Waals surface area (Å²) in [7, 11) is 0. The van der Waals surface area contributed by atoms with E-state index in [0.29, 0.717) is 29.1 Å². The van der Waals surface area contributed by atoms with Crippen molar-refractivity contribution in [3.05, 3.63) is 63.7 Å². The lowest BCUT2D eigenvalue weighted by Gasteiger charge is -2.10. The number of carbonyl (C=O) groups excluding carboxylic acids is 1. The number of aryl methyl sites for hydroxylation is 1. The van der Waals surface area contributed by atoms with Crippen molar-refractivity contribution in [2.45, 2.75) is 45.4 Å². The van der Waals surface area contributed by atoms with Gasteiger partial charge in [0.25, 0.3) is 11.5 Å². The molecule has 0 radical (unpaired) electrons. The third kappa shape index (κ3) is 4.59.